The van der Waals surface area contributed by atoms with Crippen LogP contribution < -0.4 is 26.6 Å². The minimum Gasteiger partial charge on any atom is -0.457 e. The molecule has 5 N–H and O–H groups in total. The van der Waals surface area contributed by atoms with E-state index >= 15 is 0 Å². The summed E-state index contributed by atoms with van der Waals surface area (Å²) in [6.07, 6.45) is 5.28. The molecule has 1 aliphatic heterocycles. The zero-order chi connectivity index (χ0) is 23.9. The lowest BCUT2D eigenvalue weighted by atomic mass is 10.1. The maximum Gasteiger partial charge on any atom is 0.279 e. The monoisotopic (exact) mass is 462 g/mol. The molecule has 34 heavy (non-hydrogen) atoms. The second-order valence-corrected chi connectivity index (χ2v) is 7.88. The van der Waals surface area contributed by atoms with Crippen LogP contribution in [0, 0.1) is 5.92 Å². The van der Waals surface area contributed by atoms with E-state index in [2.05, 4.69) is 26.1 Å². The quantitative estimate of drug-likeness (QED) is 0.240. The van der Waals surface area contributed by atoms with Gasteiger partial charge in [-0.3, -0.25) is 9.59 Å². The highest BCUT2D eigenvalue weighted by molar-refractivity contribution is 6.06. The molecule has 2 aromatic carbocycles. The van der Waals surface area contributed by atoms with Gasteiger partial charge in [-0.05, 0) is 67.4 Å². The average Bonchev–Trinajstić information content (AvgIpc) is 3.56. The Morgan fingerprint density at radius 2 is 2.06 bits per heavy atom. The van der Waals surface area contributed by atoms with Crippen molar-refractivity contribution in [2.75, 3.05) is 18.9 Å². The van der Waals surface area contributed by atoms with Crippen LogP contribution in [0.5, 0.6) is 11.5 Å². The van der Waals surface area contributed by atoms with Crippen molar-refractivity contribution in [2.24, 2.45) is 21.6 Å². The van der Waals surface area contributed by atoms with E-state index < -0.39 is 12.1 Å². The van der Waals surface area contributed by atoms with E-state index in [0.717, 1.165) is 17.8 Å². The summed E-state index contributed by atoms with van der Waals surface area (Å²) in [6.45, 7) is 0.834. The lowest BCUT2D eigenvalue weighted by Crippen LogP contribution is -2.19. The number of carbonyl (C=O) groups excluding carboxylic acids is 2. The van der Waals surface area contributed by atoms with Gasteiger partial charge in [0.2, 0.25) is 6.23 Å². The van der Waals surface area contributed by atoms with Crippen LogP contribution in [0.25, 0.3) is 0 Å². The van der Waals surface area contributed by atoms with E-state index in [1.807, 2.05) is 6.07 Å². The number of nitrogens with one attached hydrogen (secondary N) is 3. The zero-order valence-electron chi connectivity index (χ0n) is 18.7. The number of carbonyl (C=O) groups is 2. The molecule has 1 fully saturated rings. The first-order chi connectivity index (χ1) is 16.5. The summed E-state index contributed by atoms with van der Waals surface area (Å²) in [5.41, 5.74) is 10.3. The van der Waals surface area contributed by atoms with Crippen molar-refractivity contribution in [3.05, 3.63) is 65.9 Å². The summed E-state index contributed by atoms with van der Waals surface area (Å²) in [4.78, 5) is 36.6. The molecule has 10 heteroatoms. The zero-order valence-corrected chi connectivity index (χ0v) is 18.7. The molecule has 2 aromatic rings. The highest BCUT2D eigenvalue weighted by Crippen LogP contribution is 2.31. The third kappa shape index (κ3) is 6.20. The summed E-state index contributed by atoms with van der Waals surface area (Å²) >= 11 is 0. The third-order valence-corrected chi connectivity index (χ3v) is 5.11. The van der Waals surface area contributed by atoms with Crippen LogP contribution >= 0.6 is 0 Å². The van der Waals surface area contributed by atoms with E-state index in [9.17, 15) is 9.59 Å². The van der Waals surface area contributed by atoms with Gasteiger partial charge in [0.1, 0.15) is 17.3 Å². The van der Waals surface area contributed by atoms with Gasteiger partial charge < -0.3 is 21.1 Å². The number of nitrogens with zero attached hydrogens (tertiary/aromatic N) is 2. The van der Waals surface area contributed by atoms with Crippen molar-refractivity contribution >= 4 is 29.6 Å². The molecule has 1 aliphatic carbocycles. The van der Waals surface area contributed by atoms with Crippen molar-refractivity contribution in [2.45, 2.75) is 19.1 Å². The molecule has 1 saturated carbocycles. The smallest absolute Gasteiger partial charge is 0.279 e. The van der Waals surface area contributed by atoms with Crippen molar-refractivity contribution in [1.82, 2.24) is 10.8 Å². The summed E-state index contributed by atoms with van der Waals surface area (Å²) in [5, 5.41) is 6.17. The molecule has 10 nitrogen and oxygen atoms in total. The van der Waals surface area contributed by atoms with E-state index in [1.165, 1.54) is 18.9 Å². The van der Waals surface area contributed by atoms with Crippen molar-refractivity contribution in [3.63, 3.8) is 0 Å². The van der Waals surface area contributed by atoms with Crippen LogP contribution in [0.3, 0.4) is 0 Å². The first kappa shape index (κ1) is 23.0. The lowest BCUT2D eigenvalue weighted by molar-refractivity contribution is -0.118. The standard InChI is InChI=1S/C24H26N6O4/c1-26-9-8-21(25)28-24(32)17-10-18(27-13-15-2-3-15)12-20(11-17)33-19-6-4-16(5-7-19)23-29-22(14-31)34-30-23/h4-12,14-15,22,26-27H,2-3,13H2,1H3,(H,29,30)(H2,25,28,32)/b9-8-. The lowest BCUT2D eigenvalue weighted by Gasteiger charge is -2.12. The largest absolute Gasteiger partial charge is 0.457 e. The van der Waals surface area contributed by atoms with Gasteiger partial charge in [-0.1, -0.05) is 0 Å². The molecule has 176 valence electrons. The molecular weight excluding hydrogens is 436 g/mol. The van der Waals surface area contributed by atoms with Gasteiger partial charge in [-0.15, -0.1) is 0 Å². The number of amidine groups is 2. The molecular formula is C24H26N6O4. The number of benzene rings is 2. The Labute approximate surface area is 196 Å². The first-order valence-electron chi connectivity index (χ1n) is 10.9. The predicted octanol–water partition coefficient (Wildman–Crippen LogP) is 2.34. The van der Waals surface area contributed by atoms with Gasteiger partial charge in [-0.2, -0.15) is 4.99 Å². The van der Waals surface area contributed by atoms with Crippen LogP contribution in [-0.4, -0.2) is 43.7 Å². The average molecular weight is 463 g/mol. The highest BCUT2D eigenvalue weighted by Gasteiger charge is 2.21. The molecule has 0 spiro atoms. The topological polar surface area (TPSA) is 139 Å². The van der Waals surface area contributed by atoms with Gasteiger partial charge in [-0.25, -0.2) is 15.3 Å². The number of ether oxygens (including phenoxy) is 1. The Hall–Kier alpha value is -4.18. The third-order valence-electron chi connectivity index (χ3n) is 5.11. The summed E-state index contributed by atoms with van der Waals surface area (Å²) in [7, 11) is 1.73. The Morgan fingerprint density at radius 1 is 1.26 bits per heavy atom. The van der Waals surface area contributed by atoms with Crippen molar-refractivity contribution < 1.29 is 19.2 Å². The fourth-order valence-electron chi connectivity index (χ4n) is 3.16. The SMILES string of the molecule is CN/C=C\C(N)=NC(=O)c1cc(NCC2CC2)cc(Oc2ccc(C3=NC(C=O)ON3)cc2)c1. The van der Waals surface area contributed by atoms with Crippen LogP contribution in [0.4, 0.5) is 5.69 Å². The molecule has 0 bridgehead atoms. The molecule has 1 unspecified atom stereocenters. The molecule has 4 rings (SSSR count). The number of aldehydes is 1. The fraction of sp³-hybridized carbons (Fsp3) is 0.250. The van der Waals surface area contributed by atoms with E-state index in [-0.39, 0.29) is 5.84 Å². The number of anilines is 1. The molecule has 0 saturated heterocycles. The number of nitrogens with two attached hydrogens (primary N) is 1. The molecule has 2 aliphatic rings. The maximum atomic E-state index is 12.7. The first-order valence-corrected chi connectivity index (χ1v) is 10.9. The van der Waals surface area contributed by atoms with Gasteiger partial charge in [0.15, 0.2) is 12.1 Å². The Balaban J connectivity index is 1.53. The molecule has 0 radical (unpaired) electrons. The fourth-order valence-corrected chi connectivity index (χ4v) is 3.16. The predicted molar refractivity (Wildman–Crippen MR) is 129 cm³/mol. The van der Waals surface area contributed by atoms with Gasteiger partial charge in [0, 0.05) is 36.5 Å². The van der Waals surface area contributed by atoms with E-state index in [4.69, 9.17) is 15.3 Å². The summed E-state index contributed by atoms with van der Waals surface area (Å²) < 4.78 is 6.02. The number of aliphatic imine (C=N–C) groups is 2. The van der Waals surface area contributed by atoms with E-state index in [0.29, 0.717) is 35.1 Å². The minimum absolute atomic E-state index is 0.0954. The number of hydrogen-bond donors (Lipinski definition) is 4. The van der Waals surface area contributed by atoms with Crippen molar-refractivity contribution in [1.29, 1.82) is 0 Å². The number of hydrogen-bond acceptors (Lipinski definition) is 8. The van der Waals surface area contributed by atoms with Crippen LogP contribution in [-0.2, 0) is 9.63 Å². The summed E-state index contributed by atoms with van der Waals surface area (Å²) in [6, 6.07) is 12.3. The molecule has 1 heterocycles. The number of amides is 1. The van der Waals surface area contributed by atoms with Crippen LogP contribution in [0.15, 0.2) is 64.7 Å². The summed E-state index contributed by atoms with van der Waals surface area (Å²) in [5.74, 6) is 1.80. The molecule has 1 amide bonds. The normalized spacial score (nSPS) is 17.7. The highest BCUT2D eigenvalue weighted by atomic mass is 16.7. The van der Waals surface area contributed by atoms with Gasteiger partial charge in [0.25, 0.3) is 5.91 Å². The van der Waals surface area contributed by atoms with Crippen molar-refractivity contribution in [3.8, 4) is 11.5 Å². The second-order valence-electron chi connectivity index (χ2n) is 7.88. The van der Waals surface area contributed by atoms with Crippen LogP contribution in [0.2, 0.25) is 0 Å². The number of hydroxylamine groups is 1. The number of rotatable bonds is 10. The Kier molecular flexibility index (Phi) is 7.19. The molecule has 1 atom stereocenters. The second kappa shape index (κ2) is 10.6. The van der Waals surface area contributed by atoms with E-state index in [1.54, 1.807) is 49.6 Å². The Morgan fingerprint density at radius 3 is 2.74 bits per heavy atom. The Bertz CT molecular complexity index is 1140. The van der Waals surface area contributed by atoms with Crippen LogP contribution in [0.1, 0.15) is 28.8 Å². The minimum atomic E-state index is -0.849. The molecule has 0 aromatic heterocycles. The van der Waals surface area contributed by atoms with Gasteiger partial charge in [0.05, 0.1) is 0 Å². The maximum absolute atomic E-state index is 12.7. The van der Waals surface area contributed by atoms with Gasteiger partial charge >= 0.3 is 0 Å².